The Morgan fingerprint density at radius 2 is 1.85 bits per heavy atom. The highest BCUT2D eigenvalue weighted by Crippen LogP contribution is 2.31. The highest BCUT2D eigenvalue weighted by Gasteiger charge is 2.28. The van der Waals surface area contributed by atoms with Crippen molar-refractivity contribution < 1.29 is 9.59 Å². The summed E-state index contributed by atoms with van der Waals surface area (Å²) in [5, 5.41) is 2.86. The van der Waals surface area contributed by atoms with Crippen LogP contribution in [0.1, 0.15) is 73.5 Å². The van der Waals surface area contributed by atoms with E-state index in [9.17, 15) is 9.59 Å². The predicted octanol–water partition coefficient (Wildman–Crippen LogP) is 4.54. The first-order valence-electron chi connectivity index (χ1n) is 9.87. The number of anilines is 1. The molecule has 0 saturated heterocycles. The van der Waals surface area contributed by atoms with Gasteiger partial charge in [-0.15, -0.1) is 0 Å². The second kappa shape index (κ2) is 8.89. The lowest BCUT2D eigenvalue weighted by atomic mass is 9.82. The number of carbonyl (C=O) groups excluding carboxylic acids is 2. The smallest absolute Gasteiger partial charge is 0.229 e. The molecule has 27 heavy (non-hydrogen) atoms. The average Bonchev–Trinajstić information content (AvgIpc) is 2.68. The van der Waals surface area contributed by atoms with Crippen molar-refractivity contribution in [1.82, 2.24) is 9.97 Å². The van der Waals surface area contributed by atoms with Crippen LogP contribution in [0.2, 0.25) is 0 Å². The van der Waals surface area contributed by atoms with Crippen LogP contribution in [0.3, 0.4) is 0 Å². The number of hydrogen-bond acceptors (Lipinski definition) is 4. The average molecular weight is 365 g/mol. The SMILES string of the molecule is CCCC(CCC)C(=O)Nc1ncc2c(n1)CC(c1ccccc1)CC2=O. The number of hydrogen-bond donors (Lipinski definition) is 1. The van der Waals surface area contributed by atoms with E-state index in [1.807, 2.05) is 30.3 Å². The van der Waals surface area contributed by atoms with Gasteiger partial charge in [0.05, 0.1) is 11.3 Å². The Labute approximate surface area is 160 Å². The number of nitrogens with zero attached hydrogens (tertiary/aromatic N) is 2. The first-order valence-corrected chi connectivity index (χ1v) is 9.87. The van der Waals surface area contributed by atoms with Crippen molar-refractivity contribution in [2.45, 2.75) is 58.3 Å². The van der Waals surface area contributed by atoms with Gasteiger partial charge in [0, 0.05) is 18.5 Å². The molecule has 0 radical (unpaired) electrons. The molecule has 1 atom stereocenters. The Morgan fingerprint density at radius 3 is 2.52 bits per heavy atom. The molecule has 0 fully saturated rings. The molecule has 1 amide bonds. The molecule has 1 aromatic heterocycles. The molecule has 0 bridgehead atoms. The monoisotopic (exact) mass is 365 g/mol. The molecular formula is C22H27N3O2. The lowest BCUT2D eigenvalue weighted by Gasteiger charge is -2.23. The van der Waals surface area contributed by atoms with Crippen LogP contribution in [0, 0.1) is 5.92 Å². The maximum Gasteiger partial charge on any atom is 0.229 e. The number of nitrogens with one attached hydrogen (secondary N) is 1. The van der Waals surface area contributed by atoms with E-state index in [1.54, 1.807) is 6.20 Å². The number of benzene rings is 1. The van der Waals surface area contributed by atoms with E-state index in [0.29, 0.717) is 24.4 Å². The number of ketones is 1. The molecule has 0 saturated carbocycles. The van der Waals surface area contributed by atoms with Gasteiger partial charge in [0.15, 0.2) is 5.78 Å². The Balaban J connectivity index is 1.78. The number of Topliss-reactive ketones (excluding diaryl/α,β-unsaturated/α-hetero) is 1. The zero-order valence-electron chi connectivity index (χ0n) is 16.1. The summed E-state index contributed by atoms with van der Waals surface area (Å²) >= 11 is 0. The van der Waals surface area contributed by atoms with Crippen LogP contribution >= 0.6 is 0 Å². The van der Waals surface area contributed by atoms with Crippen molar-refractivity contribution in [1.29, 1.82) is 0 Å². The van der Waals surface area contributed by atoms with Crippen molar-refractivity contribution >= 4 is 17.6 Å². The van der Waals surface area contributed by atoms with Crippen LogP contribution in [0.25, 0.3) is 0 Å². The molecule has 1 N–H and O–H groups in total. The van der Waals surface area contributed by atoms with Crippen LogP contribution in [0.5, 0.6) is 0 Å². The van der Waals surface area contributed by atoms with Crippen LogP contribution in [-0.2, 0) is 11.2 Å². The quantitative estimate of drug-likeness (QED) is 0.781. The van der Waals surface area contributed by atoms with Gasteiger partial charge in [-0.05, 0) is 30.7 Å². The summed E-state index contributed by atoms with van der Waals surface area (Å²) in [4.78, 5) is 33.8. The summed E-state index contributed by atoms with van der Waals surface area (Å²) in [7, 11) is 0. The molecular weight excluding hydrogens is 338 g/mol. The standard InChI is InChI=1S/C22H27N3O2/c1-3-8-16(9-4-2)21(27)25-22-23-14-18-19(24-22)12-17(13-20(18)26)15-10-6-5-7-11-15/h5-7,10-11,14,16-17H,3-4,8-9,12-13H2,1-2H3,(H,23,24,25,27). The molecule has 0 spiro atoms. The summed E-state index contributed by atoms with van der Waals surface area (Å²) in [6, 6.07) is 10.0. The van der Waals surface area contributed by atoms with Crippen LogP contribution in [0.4, 0.5) is 5.95 Å². The minimum Gasteiger partial charge on any atom is -0.294 e. The van der Waals surface area contributed by atoms with Crippen molar-refractivity contribution in [3.8, 4) is 0 Å². The first-order chi connectivity index (χ1) is 13.1. The van der Waals surface area contributed by atoms with Gasteiger partial charge in [0.2, 0.25) is 11.9 Å². The molecule has 1 heterocycles. The van der Waals surface area contributed by atoms with E-state index in [0.717, 1.165) is 36.9 Å². The fourth-order valence-electron chi connectivity index (χ4n) is 3.78. The topological polar surface area (TPSA) is 72.0 Å². The molecule has 5 heteroatoms. The molecule has 1 aliphatic rings. The van der Waals surface area contributed by atoms with Gasteiger partial charge in [-0.25, -0.2) is 9.97 Å². The minimum absolute atomic E-state index is 0.0154. The normalized spacial score (nSPS) is 16.3. The molecule has 142 valence electrons. The summed E-state index contributed by atoms with van der Waals surface area (Å²) in [6.45, 7) is 4.17. The number of amides is 1. The summed E-state index contributed by atoms with van der Waals surface area (Å²) < 4.78 is 0. The van der Waals surface area contributed by atoms with E-state index in [2.05, 4.69) is 29.1 Å². The maximum absolute atomic E-state index is 12.6. The largest absolute Gasteiger partial charge is 0.294 e. The third-order valence-electron chi connectivity index (χ3n) is 5.19. The van der Waals surface area contributed by atoms with Gasteiger partial charge in [-0.3, -0.25) is 14.9 Å². The van der Waals surface area contributed by atoms with Gasteiger partial charge in [-0.2, -0.15) is 0 Å². The van der Waals surface area contributed by atoms with Gasteiger partial charge in [0.1, 0.15) is 0 Å². The summed E-state index contributed by atoms with van der Waals surface area (Å²) in [5.74, 6) is 0.451. The predicted molar refractivity (Wildman–Crippen MR) is 106 cm³/mol. The second-order valence-corrected chi connectivity index (χ2v) is 7.26. The van der Waals surface area contributed by atoms with E-state index in [4.69, 9.17) is 0 Å². The van der Waals surface area contributed by atoms with Gasteiger partial charge < -0.3 is 0 Å². The van der Waals surface area contributed by atoms with Gasteiger partial charge in [0.25, 0.3) is 0 Å². The lowest BCUT2D eigenvalue weighted by Crippen LogP contribution is -2.26. The zero-order chi connectivity index (χ0) is 19.2. The van der Waals surface area contributed by atoms with E-state index in [-0.39, 0.29) is 23.5 Å². The molecule has 0 aliphatic heterocycles. The zero-order valence-corrected chi connectivity index (χ0v) is 16.1. The Morgan fingerprint density at radius 1 is 1.15 bits per heavy atom. The van der Waals surface area contributed by atoms with E-state index in [1.165, 1.54) is 0 Å². The van der Waals surface area contributed by atoms with Crippen molar-refractivity contribution in [3.05, 3.63) is 53.3 Å². The number of rotatable bonds is 7. The van der Waals surface area contributed by atoms with Gasteiger partial charge >= 0.3 is 0 Å². The molecule has 3 rings (SSSR count). The summed E-state index contributed by atoms with van der Waals surface area (Å²) in [5.41, 5.74) is 2.46. The molecule has 1 aromatic carbocycles. The minimum atomic E-state index is -0.0274. The second-order valence-electron chi connectivity index (χ2n) is 7.26. The molecule has 5 nitrogen and oxygen atoms in total. The Bertz CT molecular complexity index is 798. The lowest BCUT2D eigenvalue weighted by molar-refractivity contribution is -0.120. The summed E-state index contributed by atoms with van der Waals surface area (Å²) in [6.07, 6.45) is 6.38. The van der Waals surface area contributed by atoms with Crippen LogP contribution < -0.4 is 5.32 Å². The fourth-order valence-corrected chi connectivity index (χ4v) is 3.78. The number of carbonyl (C=O) groups is 2. The molecule has 1 unspecified atom stereocenters. The maximum atomic E-state index is 12.6. The molecule has 1 aliphatic carbocycles. The third-order valence-corrected chi connectivity index (χ3v) is 5.19. The highest BCUT2D eigenvalue weighted by molar-refractivity contribution is 5.99. The van der Waals surface area contributed by atoms with E-state index >= 15 is 0 Å². The van der Waals surface area contributed by atoms with Crippen molar-refractivity contribution in [2.24, 2.45) is 5.92 Å². The van der Waals surface area contributed by atoms with Crippen molar-refractivity contribution in [2.75, 3.05) is 5.32 Å². The van der Waals surface area contributed by atoms with Gasteiger partial charge in [-0.1, -0.05) is 57.0 Å². The Hall–Kier alpha value is -2.56. The highest BCUT2D eigenvalue weighted by atomic mass is 16.2. The fraction of sp³-hybridized carbons (Fsp3) is 0.455. The number of fused-ring (bicyclic) bond motifs is 1. The van der Waals surface area contributed by atoms with Crippen LogP contribution in [0.15, 0.2) is 36.5 Å². The molecule has 2 aromatic rings. The first kappa shape index (κ1) is 19.2. The Kier molecular flexibility index (Phi) is 6.32. The number of aromatic nitrogens is 2. The van der Waals surface area contributed by atoms with Crippen molar-refractivity contribution in [3.63, 3.8) is 0 Å². The van der Waals surface area contributed by atoms with E-state index < -0.39 is 0 Å². The van der Waals surface area contributed by atoms with Crippen LogP contribution in [-0.4, -0.2) is 21.7 Å². The third kappa shape index (κ3) is 4.59.